The first-order valence-electron chi connectivity index (χ1n) is 5.02. The zero-order chi connectivity index (χ0) is 11.3. The van der Waals surface area contributed by atoms with E-state index < -0.39 is 5.97 Å². The molecule has 0 radical (unpaired) electrons. The first-order valence-corrected chi connectivity index (χ1v) is 5.02. The molecule has 0 spiro atoms. The van der Waals surface area contributed by atoms with Gasteiger partial charge in [-0.3, -0.25) is 4.79 Å². The Bertz CT molecular complexity index is 383. The molecular weight excluding hydrogens is 232 g/mol. The fourth-order valence-electron chi connectivity index (χ4n) is 1.38. The van der Waals surface area contributed by atoms with Crippen molar-refractivity contribution in [3.8, 4) is 0 Å². The second-order valence-electron chi connectivity index (χ2n) is 3.38. The molecule has 0 aromatic heterocycles. The number of rotatable bonds is 5. The molecule has 0 aliphatic heterocycles. The summed E-state index contributed by atoms with van der Waals surface area (Å²) in [5.74, 6) is -1.13. The second-order valence-corrected chi connectivity index (χ2v) is 3.38. The van der Waals surface area contributed by atoms with Gasteiger partial charge in [-0.1, -0.05) is 31.5 Å². The van der Waals surface area contributed by atoms with E-state index >= 15 is 0 Å². The number of hydrogen-bond donors (Lipinski definition) is 1. The van der Waals surface area contributed by atoms with E-state index in [2.05, 4.69) is 0 Å². The van der Waals surface area contributed by atoms with Crippen LogP contribution < -0.4 is 0 Å². The van der Waals surface area contributed by atoms with Crippen molar-refractivity contribution in [3.63, 3.8) is 0 Å². The minimum atomic E-state index is -1.05. The van der Waals surface area contributed by atoms with E-state index in [-0.39, 0.29) is 51.9 Å². The molecule has 0 saturated heterocycles. The van der Waals surface area contributed by atoms with Gasteiger partial charge >= 0.3 is 43.7 Å². The summed E-state index contributed by atoms with van der Waals surface area (Å²) in [6.07, 6.45) is 2.15. The molecule has 0 heterocycles. The summed E-state index contributed by atoms with van der Waals surface area (Å²) >= 11 is 0. The van der Waals surface area contributed by atoms with Gasteiger partial charge in [-0.05, 0) is 12.5 Å². The molecule has 0 saturated carbocycles. The predicted octanol–water partition coefficient (Wildman–Crippen LogP) is 2.60. The molecule has 0 atom stereocenters. The van der Waals surface area contributed by atoms with Gasteiger partial charge in [0, 0.05) is 12.0 Å². The summed E-state index contributed by atoms with van der Waals surface area (Å²) in [7, 11) is 0. The van der Waals surface area contributed by atoms with Crippen LogP contribution in [0.4, 0.5) is 0 Å². The molecule has 3 nitrogen and oxygen atoms in total. The molecule has 84 valence electrons. The number of carboxylic acids is 1. The molecule has 0 unspecified atom stereocenters. The summed E-state index contributed by atoms with van der Waals surface area (Å²) in [5, 5.41) is 8.89. The maximum absolute atomic E-state index is 11.7. The summed E-state index contributed by atoms with van der Waals surface area (Å²) < 4.78 is 0. The minimum Gasteiger partial charge on any atom is -1.00 e. The van der Waals surface area contributed by atoms with Gasteiger partial charge in [0.25, 0.3) is 0 Å². The summed E-state index contributed by atoms with van der Waals surface area (Å²) in [4.78, 5) is 22.5. The molecule has 1 N–H and O–H groups in total. The monoisotopic (exact) mass is 248 g/mol. The molecule has 1 aromatic rings. The molecule has 0 aliphatic carbocycles. The Morgan fingerprint density at radius 2 is 1.81 bits per heavy atom. The Balaban J connectivity index is -0.000000750. The predicted molar refractivity (Wildman–Crippen MR) is 65.2 cm³/mol. The Morgan fingerprint density at radius 1 is 1.25 bits per heavy atom. The van der Waals surface area contributed by atoms with E-state index in [0.717, 1.165) is 12.8 Å². The number of Topliss-reactive ketones (excluding diaryl/α,β-unsaturated/α-hetero) is 1. The minimum absolute atomic E-state index is 0. The topological polar surface area (TPSA) is 54.4 Å². The molecule has 0 bridgehead atoms. The molecular formula is C12H16CaO3. The molecule has 0 fully saturated rings. The zero-order valence-electron chi connectivity index (χ0n) is 11.4. The number of aromatic carboxylic acids is 1. The summed E-state index contributed by atoms with van der Waals surface area (Å²) in [5.41, 5.74) is 0.414. The number of carbonyl (C=O) groups excluding carboxylic acids is 1. The van der Waals surface area contributed by atoms with Crippen molar-refractivity contribution in [2.75, 3.05) is 0 Å². The number of ketones is 1. The second kappa shape index (κ2) is 7.82. The van der Waals surface area contributed by atoms with Crippen LogP contribution in [0.3, 0.4) is 0 Å². The van der Waals surface area contributed by atoms with Gasteiger partial charge in [0.05, 0.1) is 5.56 Å². The number of carbonyl (C=O) groups is 2. The average molecular weight is 248 g/mol. The van der Waals surface area contributed by atoms with Gasteiger partial charge in [-0.25, -0.2) is 4.79 Å². The van der Waals surface area contributed by atoms with Gasteiger partial charge in [0.1, 0.15) is 0 Å². The molecule has 1 aromatic carbocycles. The Morgan fingerprint density at radius 3 is 2.31 bits per heavy atom. The zero-order valence-corrected chi connectivity index (χ0v) is 11.6. The number of hydrogen-bond acceptors (Lipinski definition) is 2. The van der Waals surface area contributed by atoms with Crippen LogP contribution in [0.25, 0.3) is 0 Å². The maximum atomic E-state index is 11.7. The van der Waals surface area contributed by atoms with E-state index in [1.807, 2.05) is 6.92 Å². The third kappa shape index (κ3) is 4.24. The Hall–Kier alpha value is -0.380. The van der Waals surface area contributed by atoms with Crippen LogP contribution in [0, 0.1) is 0 Å². The van der Waals surface area contributed by atoms with Crippen molar-refractivity contribution in [2.45, 2.75) is 26.2 Å². The Kier molecular flexibility index (Phi) is 7.64. The van der Waals surface area contributed by atoms with Gasteiger partial charge in [-0.2, -0.15) is 0 Å². The average Bonchev–Trinajstić information content (AvgIpc) is 2.25. The third-order valence-electron chi connectivity index (χ3n) is 2.22. The van der Waals surface area contributed by atoms with Crippen LogP contribution in [0.15, 0.2) is 24.3 Å². The van der Waals surface area contributed by atoms with Crippen molar-refractivity contribution < 1.29 is 17.5 Å². The van der Waals surface area contributed by atoms with Gasteiger partial charge in [0.2, 0.25) is 0 Å². The van der Waals surface area contributed by atoms with Crippen LogP contribution in [0.2, 0.25) is 0 Å². The SMILES string of the molecule is CCCCC(=O)c1ccccc1C(=O)O.[Ca+2].[H-].[H-]. The van der Waals surface area contributed by atoms with Crippen LogP contribution in [-0.2, 0) is 0 Å². The Labute approximate surface area is 128 Å². The van der Waals surface area contributed by atoms with Gasteiger partial charge in [-0.15, -0.1) is 0 Å². The largest absolute Gasteiger partial charge is 2.00 e. The molecule has 0 amide bonds. The fraction of sp³-hybridized carbons (Fsp3) is 0.333. The first kappa shape index (κ1) is 15.6. The molecule has 16 heavy (non-hydrogen) atoms. The standard InChI is InChI=1S/C12H14O3.Ca.2H/c1-2-3-8-11(13)9-6-4-5-7-10(9)12(14)15;;;/h4-7H,2-3,8H2,1H3,(H,14,15);;;/q;+2;2*-1. The normalized spacial score (nSPS) is 9.31. The van der Waals surface area contributed by atoms with E-state index in [9.17, 15) is 9.59 Å². The van der Waals surface area contributed by atoms with Crippen molar-refractivity contribution in [1.29, 1.82) is 0 Å². The molecule has 1 rings (SSSR count). The van der Waals surface area contributed by atoms with Crippen LogP contribution in [0.5, 0.6) is 0 Å². The quantitative estimate of drug-likeness (QED) is 0.643. The number of carboxylic acid groups (broad SMARTS) is 1. The van der Waals surface area contributed by atoms with Crippen molar-refractivity contribution >= 4 is 49.5 Å². The van der Waals surface area contributed by atoms with E-state index in [4.69, 9.17) is 5.11 Å². The van der Waals surface area contributed by atoms with Gasteiger partial charge < -0.3 is 7.96 Å². The van der Waals surface area contributed by atoms with E-state index in [0.29, 0.717) is 12.0 Å². The molecule has 4 heteroatoms. The van der Waals surface area contributed by atoms with Crippen molar-refractivity contribution in [3.05, 3.63) is 35.4 Å². The molecule has 0 aliphatic rings. The van der Waals surface area contributed by atoms with E-state index in [1.54, 1.807) is 18.2 Å². The van der Waals surface area contributed by atoms with E-state index in [1.165, 1.54) is 6.07 Å². The third-order valence-corrected chi connectivity index (χ3v) is 2.22. The maximum Gasteiger partial charge on any atom is 2.00 e. The fourth-order valence-corrected chi connectivity index (χ4v) is 1.38. The van der Waals surface area contributed by atoms with Crippen LogP contribution in [-0.4, -0.2) is 54.6 Å². The van der Waals surface area contributed by atoms with Crippen LogP contribution >= 0.6 is 0 Å². The number of unbranched alkanes of at least 4 members (excludes halogenated alkanes) is 1. The van der Waals surface area contributed by atoms with Gasteiger partial charge in [0.15, 0.2) is 5.78 Å². The van der Waals surface area contributed by atoms with Crippen LogP contribution in [0.1, 0.15) is 49.8 Å². The summed E-state index contributed by atoms with van der Waals surface area (Å²) in [6, 6.07) is 6.34. The van der Waals surface area contributed by atoms with Crippen molar-refractivity contribution in [1.82, 2.24) is 0 Å². The summed E-state index contributed by atoms with van der Waals surface area (Å²) in [6.45, 7) is 2.00. The number of benzene rings is 1. The first-order chi connectivity index (χ1) is 7.16. The smallest absolute Gasteiger partial charge is 1.00 e. The van der Waals surface area contributed by atoms with Crippen molar-refractivity contribution in [2.24, 2.45) is 0 Å².